The molecule has 0 fully saturated rings. The Morgan fingerprint density at radius 3 is 2.85 bits per heavy atom. The highest BCUT2D eigenvalue weighted by Crippen LogP contribution is 2.31. The van der Waals surface area contributed by atoms with Gasteiger partial charge in [-0.25, -0.2) is 4.68 Å². The van der Waals surface area contributed by atoms with Gasteiger partial charge >= 0.3 is 0 Å². The Kier molecular flexibility index (Phi) is 3.22. The number of ether oxygens (including phenoxy) is 1. The Balaban J connectivity index is 1.97. The summed E-state index contributed by atoms with van der Waals surface area (Å²) < 4.78 is 7.66. The Hall–Kier alpha value is -1.88. The molecule has 1 aliphatic carbocycles. The molecule has 3 rings (SSSR count). The van der Waals surface area contributed by atoms with Crippen LogP contribution in [0.2, 0.25) is 0 Å². The smallest absolute Gasteiger partial charge is 0.228 e. The molecule has 104 valence electrons. The number of benzene rings is 1. The van der Waals surface area contributed by atoms with Crippen molar-refractivity contribution in [3.8, 4) is 11.6 Å². The van der Waals surface area contributed by atoms with Crippen LogP contribution in [0.5, 0.6) is 11.6 Å². The Labute approximate surface area is 123 Å². The average Bonchev–Trinajstić information content (AvgIpc) is 2.94. The van der Waals surface area contributed by atoms with Gasteiger partial charge in [-0.2, -0.15) is 5.10 Å². The van der Waals surface area contributed by atoms with Crippen molar-refractivity contribution in [2.75, 3.05) is 0 Å². The fourth-order valence-corrected chi connectivity index (χ4v) is 3.00. The van der Waals surface area contributed by atoms with Crippen LogP contribution >= 0.6 is 12.2 Å². The first kappa shape index (κ1) is 13.1. The molecule has 0 aliphatic heterocycles. The summed E-state index contributed by atoms with van der Waals surface area (Å²) >= 11 is 5.09. The quantitative estimate of drug-likeness (QED) is 0.882. The van der Waals surface area contributed by atoms with E-state index in [2.05, 4.69) is 17.2 Å². The minimum Gasteiger partial charge on any atom is -0.439 e. The van der Waals surface area contributed by atoms with Crippen LogP contribution < -0.4 is 10.5 Å². The number of aromatic nitrogens is 2. The zero-order chi connectivity index (χ0) is 14.3. The second-order valence-electron chi connectivity index (χ2n) is 5.14. The third-order valence-electron chi connectivity index (χ3n) is 3.70. The van der Waals surface area contributed by atoms with E-state index < -0.39 is 0 Å². The SMILES string of the molecule is Cc1nn(C)c(Oc2ccc3c(c2)CCC3)c1C(N)=S. The zero-order valence-corrected chi connectivity index (χ0v) is 12.5. The molecule has 0 atom stereocenters. The number of nitrogens with zero attached hydrogens (tertiary/aromatic N) is 2. The van der Waals surface area contributed by atoms with Gasteiger partial charge in [0.1, 0.15) is 10.7 Å². The van der Waals surface area contributed by atoms with E-state index in [1.54, 1.807) is 4.68 Å². The number of rotatable bonds is 3. The summed E-state index contributed by atoms with van der Waals surface area (Å²) in [7, 11) is 1.83. The van der Waals surface area contributed by atoms with E-state index in [4.69, 9.17) is 22.7 Å². The monoisotopic (exact) mass is 287 g/mol. The third-order valence-corrected chi connectivity index (χ3v) is 3.90. The zero-order valence-electron chi connectivity index (χ0n) is 11.6. The topological polar surface area (TPSA) is 53.1 Å². The minimum atomic E-state index is 0.312. The lowest BCUT2D eigenvalue weighted by Crippen LogP contribution is -2.11. The van der Waals surface area contributed by atoms with Gasteiger partial charge in [-0.3, -0.25) is 0 Å². The molecule has 0 spiro atoms. The van der Waals surface area contributed by atoms with Crippen molar-refractivity contribution in [2.45, 2.75) is 26.2 Å². The van der Waals surface area contributed by atoms with Crippen LogP contribution in [0.4, 0.5) is 0 Å². The number of aryl methyl sites for hydroxylation is 4. The van der Waals surface area contributed by atoms with E-state index in [0.717, 1.165) is 17.9 Å². The minimum absolute atomic E-state index is 0.312. The van der Waals surface area contributed by atoms with E-state index in [9.17, 15) is 0 Å². The van der Waals surface area contributed by atoms with Crippen molar-refractivity contribution in [1.29, 1.82) is 0 Å². The number of hydrogen-bond acceptors (Lipinski definition) is 3. The molecule has 2 aromatic rings. The molecule has 0 saturated carbocycles. The van der Waals surface area contributed by atoms with Gasteiger partial charge in [0.25, 0.3) is 0 Å². The van der Waals surface area contributed by atoms with Gasteiger partial charge in [-0.05, 0) is 49.4 Å². The maximum absolute atomic E-state index is 5.98. The van der Waals surface area contributed by atoms with Crippen molar-refractivity contribution in [3.63, 3.8) is 0 Å². The molecule has 4 nitrogen and oxygen atoms in total. The van der Waals surface area contributed by atoms with Crippen LogP contribution in [0.15, 0.2) is 18.2 Å². The Morgan fingerprint density at radius 2 is 2.10 bits per heavy atom. The highest BCUT2D eigenvalue weighted by atomic mass is 32.1. The van der Waals surface area contributed by atoms with Gasteiger partial charge in [0.05, 0.1) is 11.3 Å². The number of thiocarbonyl (C=S) groups is 1. The lowest BCUT2D eigenvalue weighted by atomic mass is 10.1. The number of hydrogen-bond donors (Lipinski definition) is 1. The molecule has 0 saturated heterocycles. The van der Waals surface area contributed by atoms with E-state index in [-0.39, 0.29) is 0 Å². The van der Waals surface area contributed by atoms with Gasteiger partial charge in [0.15, 0.2) is 0 Å². The van der Waals surface area contributed by atoms with Crippen molar-refractivity contribution in [3.05, 3.63) is 40.6 Å². The molecule has 20 heavy (non-hydrogen) atoms. The van der Waals surface area contributed by atoms with Crippen LogP contribution in [-0.2, 0) is 19.9 Å². The molecule has 0 radical (unpaired) electrons. The molecular weight excluding hydrogens is 270 g/mol. The predicted octanol–water partition coefficient (Wildman–Crippen LogP) is 2.64. The second-order valence-corrected chi connectivity index (χ2v) is 5.58. The van der Waals surface area contributed by atoms with Crippen LogP contribution in [-0.4, -0.2) is 14.8 Å². The van der Waals surface area contributed by atoms with Crippen LogP contribution in [0.1, 0.15) is 28.8 Å². The summed E-state index contributed by atoms with van der Waals surface area (Å²) in [5.41, 5.74) is 10.1. The fourth-order valence-electron chi connectivity index (χ4n) is 2.76. The second kappa shape index (κ2) is 4.90. The van der Waals surface area contributed by atoms with E-state index in [1.807, 2.05) is 20.0 Å². The van der Waals surface area contributed by atoms with Gasteiger partial charge in [-0.15, -0.1) is 0 Å². The van der Waals surface area contributed by atoms with Crippen molar-refractivity contribution in [1.82, 2.24) is 9.78 Å². The first-order chi connectivity index (χ1) is 9.56. The third kappa shape index (κ3) is 2.18. The summed E-state index contributed by atoms with van der Waals surface area (Å²) in [5.74, 6) is 1.42. The average molecular weight is 287 g/mol. The van der Waals surface area contributed by atoms with E-state index in [1.165, 1.54) is 24.0 Å². The summed E-state index contributed by atoms with van der Waals surface area (Å²) in [4.78, 5) is 0.312. The largest absolute Gasteiger partial charge is 0.439 e. The van der Waals surface area contributed by atoms with Gasteiger partial charge in [0.2, 0.25) is 5.88 Å². The van der Waals surface area contributed by atoms with Gasteiger partial charge in [-0.1, -0.05) is 18.3 Å². The predicted molar refractivity (Wildman–Crippen MR) is 82.4 cm³/mol. The van der Waals surface area contributed by atoms with Crippen LogP contribution in [0.3, 0.4) is 0 Å². The number of fused-ring (bicyclic) bond motifs is 1. The van der Waals surface area contributed by atoms with Crippen LogP contribution in [0.25, 0.3) is 0 Å². The van der Waals surface area contributed by atoms with E-state index >= 15 is 0 Å². The molecule has 0 bridgehead atoms. The Morgan fingerprint density at radius 1 is 1.35 bits per heavy atom. The van der Waals surface area contributed by atoms with Crippen molar-refractivity contribution < 1.29 is 4.74 Å². The normalized spacial score (nSPS) is 13.3. The maximum atomic E-state index is 5.98. The molecule has 1 aromatic heterocycles. The summed E-state index contributed by atoms with van der Waals surface area (Å²) in [6, 6.07) is 6.24. The van der Waals surface area contributed by atoms with Crippen LogP contribution in [0, 0.1) is 6.92 Å². The number of nitrogens with two attached hydrogens (primary N) is 1. The maximum Gasteiger partial charge on any atom is 0.228 e. The van der Waals surface area contributed by atoms with Gasteiger partial charge in [0, 0.05) is 7.05 Å². The molecular formula is C15H17N3OS. The van der Waals surface area contributed by atoms with E-state index in [0.29, 0.717) is 16.4 Å². The Bertz CT molecular complexity index is 691. The molecule has 5 heteroatoms. The molecule has 2 N–H and O–H groups in total. The summed E-state index contributed by atoms with van der Waals surface area (Å²) in [6.07, 6.45) is 3.51. The summed E-state index contributed by atoms with van der Waals surface area (Å²) in [5, 5.41) is 4.33. The molecule has 0 unspecified atom stereocenters. The molecule has 1 aromatic carbocycles. The highest BCUT2D eigenvalue weighted by molar-refractivity contribution is 7.80. The lowest BCUT2D eigenvalue weighted by Gasteiger charge is -2.09. The van der Waals surface area contributed by atoms with Gasteiger partial charge < -0.3 is 10.5 Å². The molecule has 1 aliphatic rings. The summed E-state index contributed by atoms with van der Waals surface area (Å²) in [6.45, 7) is 1.88. The molecule has 0 amide bonds. The fraction of sp³-hybridized carbons (Fsp3) is 0.333. The first-order valence-corrected chi connectivity index (χ1v) is 7.10. The first-order valence-electron chi connectivity index (χ1n) is 6.69. The van der Waals surface area contributed by atoms with Crippen molar-refractivity contribution in [2.24, 2.45) is 12.8 Å². The standard InChI is InChI=1S/C15H17N3OS/c1-9-13(14(16)20)15(18(2)17-9)19-12-7-6-10-4-3-5-11(10)8-12/h6-8H,3-5H2,1-2H3,(H2,16,20). The highest BCUT2D eigenvalue weighted by Gasteiger charge is 2.19. The molecule has 1 heterocycles. The van der Waals surface area contributed by atoms with Crippen molar-refractivity contribution >= 4 is 17.2 Å². The lowest BCUT2D eigenvalue weighted by molar-refractivity contribution is 0.429.